The zero-order chi connectivity index (χ0) is 20.3. The first-order valence-electron chi connectivity index (χ1n) is 8.72. The van der Waals surface area contributed by atoms with Gasteiger partial charge in [0.05, 0.1) is 19.8 Å². The topological polar surface area (TPSA) is 90.3 Å². The summed E-state index contributed by atoms with van der Waals surface area (Å²) in [5.41, 5.74) is 0.896. The van der Waals surface area contributed by atoms with Crippen LogP contribution >= 0.6 is 23.4 Å². The molecule has 2 aromatic heterocycles. The zero-order valence-electron chi connectivity index (χ0n) is 16.1. The van der Waals surface area contributed by atoms with Crippen LogP contribution in [-0.2, 0) is 4.79 Å². The summed E-state index contributed by atoms with van der Waals surface area (Å²) >= 11 is 7.34. The number of hydrogen-bond donors (Lipinski definition) is 2. The van der Waals surface area contributed by atoms with Crippen molar-refractivity contribution in [3.8, 4) is 5.69 Å². The number of aryl methyl sites for hydroxylation is 1. The molecule has 1 amide bonds. The summed E-state index contributed by atoms with van der Waals surface area (Å²) in [6.07, 6.45) is 0. The average molecular weight is 422 g/mol. The van der Waals surface area contributed by atoms with Gasteiger partial charge in [0.25, 0.3) is 0 Å². The molecule has 1 aromatic carbocycles. The maximum absolute atomic E-state index is 12.2. The molecule has 1 atom stereocenters. The fourth-order valence-electron chi connectivity index (χ4n) is 2.48. The lowest BCUT2D eigenvalue weighted by atomic mass is 10.2. The Kier molecular flexibility index (Phi) is 6.38. The molecule has 0 aliphatic heterocycles. The number of anilines is 1. The molecule has 2 heterocycles. The summed E-state index contributed by atoms with van der Waals surface area (Å²) < 4.78 is 6.92. The van der Waals surface area contributed by atoms with Gasteiger partial charge in [-0.25, -0.2) is 0 Å². The van der Waals surface area contributed by atoms with E-state index in [4.69, 9.17) is 16.1 Å². The van der Waals surface area contributed by atoms with E-state index in [-0.39, 0.29) is 17.7 Å². The summed E-state index contributed by atoms with van der Waals surface area (Å²) in [6.45, 7) is 3.85. The van der Waals surface area contributed by atoms with Crippen LogP contribution in [-0.4, -0.2) is 45.7 Å². The average Bonchev–Trinajstić information content (AvgIpc) is 3.26. The third-order valence-electron chi connectivity index (χ3n) is 4.22. The number of quaternary nitrogens is 1. The Morgan fingerprint density at radius 3 is 2.64 bits per heavy atom. The van der Waals surface area contributed by atoms with Crippen LogP contribution in [0.5, 0.6) is 0 Å². The molecule has 0 saturated carbocycles. The monoisotopic (exact) mass is 421 g/mol. The molecule has 3 aromatic rings. The van der Waals surface area contributed by atoms with Crippen LogP contribution in [0.25, 0.3) is 5.69 Å². The van der Waals surface area contributed by atoms with E-state index in [0.29, 0.717) is 21.8 Å². The normalized spacial score (nSPS) is 12.4. The molecule has 0 unspecified atom stereocenters. The molecule has 8 nitrogen and oxygen atoms in total. The Balaban J connectivity index is 1.82. The molecule has 0 saturated heterocycles. The van der Waals surface area contributed by atoms with Crippen LogP contribution in [0.1, 0.15) is 24.6 Å². The van der Waals surface area contributed by atoms with Gasteiger partial charge >= 0.3 is 0 Å². The van der Waals surface area contributed by atoms with E-state index in [2.05, 4.69) is 41.7 Å². The number of nitrogens with zero attached hydrogens (tertiary/aromatic N) is 4. The quantitative estimate of drug-likeness (QED) is 0.568. The van der Waals surface area contributed by atoms with E-state index in [0.717, 1.165) is 11.5 Å². The second-order valence-electron chi connectivity index (χ2n) is 6.61. The molecule has 0 aliphatic carbocycles. The van der Waals surface area contributed by atoms with Gasteiger partial charge in [-0.2, -0.15) is 0 Å². The van der Waals surface area contributed by atoms with Crippen LogP contribution in [0.4, 0.5) is 5.82 Å². The smallest absolute Gasteiger partial charge is 0.236 e. The number of halogens is 1. The predicted octanol–water partition coefficient (Wildman–Crippen LogP) is 2.15. The van der Waals surface area contributed by atoms with E-state index in [1.165, 1.54) is 16.7 Å². The van der Waals surface area contributed by atoms with Gasteiger partial charge in [-0.05, 0) is 38.1 Å². The van der Waals surface area contributed by atoms with Crippen molar-refractivity contribution in [3.05, 3.63) is 46.9 Å². The van der Waals surface area contributed by atoms with Crippen LogP contribution in [0.3, 0.4) is 0 Å². The van der Waals surface area contributed by atoms with Gasteiger partial charge in [0, 0.05) is 16.8 Å². The van der Waals surface area contributed by atoms with Gasteiger partial charge in [-0.1, -0.05) is 28.5 Å². The molecule has 0 fully saturated rings. The summed E-state index contributed by atoms with van der Waals surface area (Å²) in [7, 11) is 4.12. The lowest BCUT2D eigenvalue weighted by Gasteiger charge is -2.18. The van der Waals surface area contributed by atoms with Crippen molar-refractivity contribution in [1.29, 1.82) is 0 Å². The van der Waals surface area contributed by atoms with Crippen molar-refractivity contribution in [3.63, 3.8) is 0 Å². The highest BCUT2D eigenvalue weighted by atomic mass is 35.5. The van der Waals surface area contributed by atoms with Crippen molar-refractivity contribution in [2.24, 2.45) is 0 Å². The minimum absolute atomic E-state index is 0.115. The summed E-state index contributed by atoms with van der Waals surface area (Å²) in [6, 6.07) is 9.25. The third-order valence-corrected chi connectivity index (χ3v) is 5.41. The highest BCUT2D eigenvalue weighted by Gasteiger charge is 2.24. The maximum atomic E-state index is 12.2. The van der Waals surface area contributed by atoms with Crippen molar-refractivity contribution >= 4 is 35.1 Å². The van der Waals surface area contributed by atoms with E-state index in [1.54, 1.807) is 13.0 Å². The third kappa shape index (κ3) is 4.73. The molecule has 0 bridgehead atoms. The fraction of sp³-hybridized carbons (Fsp3) is 0.333. The van der Waals surface area contributed by atoms with Gasteiger partial charge in [-0.15, -0.1) is 10.2 Å². The molecular formula is C18H22ClN6O2S+. The van der Waals surface area contributed by atoms with Crippen LogP contribution in [0, 0.1) is 6.92 Å². The Hall–Kier alpha value is -2.36. The molecule has 3 rings (SSSR count). The fourth-order valence-corrected chi connectivity index (χ4v) is 3.37. The van der Waals surface area contributed by atoms with Gasteiger partial charge < -0.3 is 14.7 Å². The number of hydrogen-bond acceptors (Lipinski definition) is 6. The van der Waals surface area contributed by atoms with E-state index in [9.17, 15) is 4.79 Å². The van der Waals surface area contributed by atoms with E-state index in [1.807, 2.05) is 28.8 Å². The number of aromatic nitrogens is 4. The lowest BCUT2D eigenvalue weighted by Crippen LogP contribution is -3.05. The van der Waals surface area contributed by atoms with Crippen LogP contribution in [0.2, 0.25) is 5.02 Å². The highest BCUT2D eigenvalue weighted by molar-refractivity contribution is 7.99. The molecule has 0 aliphatic rings. The Labute approximate surface area is 172 Å². The van der Waals surface area contributed by atoms with Gasteiger partial charge in [0.1, 0.15) is 11.8 Å². The Morgan fingerprint density at radius 2 is 2.04 bits per heavy atom. The lowest BCUT2D eigenvalue weighted by molar-refractivity contribution is -0.890. The molecule has 0 spiro atoms. The summed E-state index contributed by atoms with van der Waals surface area (Å²) in [5.74, 6) is 1.82. The Bertz CT molecular complexity index is 953. The number of thioether (sulfide) groups is 1. The van der Waals surface area contributed by atoms with Crippen molar-refractivity contribution < 1.29 is 14.2 Å². The molecule has 148 valence electrons. The standard InChI is InChI=1S/C18H21ClN6O2S/c1-11-9-15(23-27-11)20-16(26)10-28-18-22-21-17(12(2)24(3)4)25(18)14-7-5-13(19)6-8-14/h5-9,12H,10H2,1-4H3,(H,20,23,26)/p+1/t12-/m0/s1. The number of carbonyl (C=O) groups excluding carboxylic acids is 1. The SMILES string of the molecule is Cc1cc(NC(=O)CSc2nnc([C@H](C)[NH+](C)C)n2-c2ccc(Cl)cc2)no1. The Morgan fingerprint density at radius 1 is 1.32 bits per heavy atom. The molecular weight excluding hydrogens is 400 g/mol. The van der Waals surface area contributed by atoms with Gasteiger partial charge in [0.2, 0.25) is 5.91 Å². The van der Waals surface area contributed by atoms with Crippen molar-refractivity contribution in [1.82, 2.24) is 19.9 Å². The zero-order valence-corrected chi connectivity index (χ0v) is 17.6. The molecule has 0 radical (unpaired) electrons. The predicted molar refractivity (Wildman–Crippen MR) is 108 cm³/mol. The summed E-state index contributed by atoms with van der Waals surface area (Å²) in [4.78, 5) is 13.5. The first-order valence-corrected chi connectivity index (χ1v) is 10.1. The van der Waals surface area contributed by atoms with E-state index < -0.39 is 0 Å². The first kappa shape index (κ1) is 20.4. The maximum Gasteiger partial charge on any atom is 0.236 e. The number of benzene rings is 1. The largest absolute Gasteiger partial charge is 0.360 e. The van der Waals surface area contributed by atoms with Gasteiger partial charge in [-0.3, -0.25) is 9.36 Å². The van der Waals surface area contributed by atoms with Crippen LogP contribution in [0.15, 0.2) is 40.0 Å². The number of nitrogens with one attached hydrogen (secondary N) is 2. The van der Waals surface area contributed by atoms with Crippen molar-refractivity contribution in [2.75, 3.05) is 25.2 Å². The first-order chi connectivity index (χ1) is 13.3. The van der Waals surface area contributed by atoms with Crippen molar-refractivity contribution in [2.45, 2.75) is 25.0 Å². The highest BCUT2D eigenvalue weighted by Crippen LogP contribution is 2.25. The minimum Gasteiger partial charge on any atom is -0.360 e. The van der Waals surface area contributed by atoms with Gasteiger partial charge in [0.15, 0.2) is 16.8 Å². The minimum atomic E-state index is -0.197. The number of rotatable bonds is 7. The molecule has 10 heteroatoms. The second kappa shape index (κ2) is 8.76. The summed E-state index contributed by atoms with van der Waals surface area (Å²) in [5, 5.41) is 16.5. The number of carbonyl (C=O) groups is 1. The van der Waals surface area contributed by atoms with Crippen LogP contribution < -0.4 is 10.2 Å². The van der Waals surface area contributed by atoms with E-state index >= 15 is 0 Å². The molecule has 2 N–H and O–H groups in total. The molecule has 28 heavy (non-hydrogen) atoms. The second-order valence-corrected chi connectivity index (χ2v) is 7.99. The number of amides is 1.